The predicted octanol–water partition coefficient (Wildman–Crippen LogP) is 2.17. The molecule has 0 saturated heterocycles. The maximum absolute atomic E-state index is 11.7. The summed E-state index contributed by atoms with van der Waals surface area (Å²) in [5.74, 6) is -0.392. The van der Waals surface area contributed by atoms with Crippen molar-refractivity contribution in [1.82, 2.24) is 10.4 Å². The van der Waals surface area contributed by atoms with Crippen LogP contribution in [0.4, 0.5) is 0 Å². The molecule has 1 aromatic rings. The number of amides is 2. The summed E-state index contributed by atoms with van der Waals surface area (Å²) in [6, 6.07) is 5.55. The van der Waals surface area contributed by atoms with E-state index in [1.165, 1.54) is 5.56 Å². The molecular weight excluding hydrogens is 280 g/mol. The minimum Gasteiger partial charge on any atom is -0.343 e. The molecule has 0 aromatic heterocycles. The maximum atomic E-state index is 11.7. The molecule has 22 heavy (non-hydrogen) atoms. The average molecular weight is 304 g/mol. The third-order valence-corrected chi connectivity index (χ3v) is 4.58. The van der Waals surface area contributed by atoms with Gasteiger partial charge in [0.25, 0.3) is 5.91 Å². The lowest BCUT2D eigenvalue weighted by atomic mass is 9.72. The molecule has 1 aliphatic carbocycles. The van der Waals surface area contributed by atoms with Crippen molar-refractivity contribution in [1.29, 1.82) is 0 Å². The van der Waals surface area contributed by atoms with Crippen LogP contribution in [0.2, 0.25) is 0 Å². The number of carbonyl (C=O) groups excluding carboxylic acids is 2. The molecule has 1 aliphatic rings. The molecule has 1 aromatic carbocycles. The van der Waals surface area contributed by atoms with Crippen LogP contribution in [0, 0.1) is 5.41 Å². The highest BCUT2D eigenvalue weighted by Crippen LogP contribution is 2.36. The fourth-order valence-electron chi connectivity index (χ4n) is 3.27. The van der Waals surface area contributed by atoms with Gasteiger partial charge in [-0.15, -0.1) is 0 Å². The minimum atomic E-state index is -0.492. The van der Waals surface area contributed by atoms with Gasteiger partial charge in [-0.3, -0.25) is 14.8 Å². The third kappa shape index (κ3) is 3.47. The summed E-state index contributed by atoms with van der Waals surface area (Å²) in [7, 11) is 0. The van der Waals surface area contributed by atoms with Crippen LogP contribution in [0.3, 0.4) is 0 Å². The Morgan fingerprint density at radius 2 is 2.09 bits per heavy atom. The summed E-state index contributed by atoms with van der Waals surface area (Å²) in [5, 5.41) is 8.76. The van der Waals surface area contributed by atoms with Gasteiger partial charge in [0.15, 0.2) is 0 Å². The Kier molecular flexibility index (Phi) is 4.86. The first-order valence-electron chi connectivity index (χ1n) is 7.70. The van der Waals surface area contributed by atoms with Crippen LogP contribution in [0.15, 0.2) is 18.2 Å². The number of benzene rings is 1. The SMILES string of the molecule is CCN(CC1(C)CCc2ccc(C(=O)NO)cc2C1)C(C)=O. The Labute approximate surface area is 131 Å². The zero-order chi connectivity index (χ0) is 16.3. The molecule has 0 radical (unpaired) electrons. The number of nitrogens with zero attached hydrogens (tertiary/aromatic N) is 1. The van der Waals surface area contributed by atoms with Gasteiger partial charge in [0.1, 0.15) is 0 Å². The molecule has 0 heterocycles. The van der Waals surface area contributed by atoms with E-state index in [9.17, 15) is 9.59 Å². The molecule has 0 aliphatic heterocycles. The highest BCUT2D eigenvalue weighted by Gasteiger charge is 2.32. The molecule has 0 saturated carbocycles. The van der Waals surface area contributed by atoms with Gasteiger partial charge < -0.3 is 4.90 Å². The summed E-state index contributed by atoms with van der Waals surface area (Å²) in [6.07, 6.45) is 2.80. The van der Waals surface area contributed by atoms with E-state index in [1.807, 2.05) is 24.0 Å². The maximum Gasteiger partial charge on any atom is 0.274 e. The molecule has 2 N–H and O–H groups in total. The predicted molar refractivity (Wildman–Crippen MR) is 83.8 cm³/mol. The first-order valence-corrected chi connectivity index (χ1v) is 7.70. The molecule has 0 bridgehead atoms. The van der Waals surface area contributed by atoms with Crippen LogP contribution in [0.25, 0.3) is 0 Å². The Morgan fingerprint density at radius 1 is 1.36 bits per heavy atom. The van der Waals surface area contributed by atoms with Gasteiger partial charge in [0.2, 0.25) is 5.91 Å². The fraction of sp³-hybridized carbons (Fsp3) is 0.529. The van der Waals surface area contributed by atoms with E-state index in [0.717, 1.165) is 31.4 Å². The van der Waals surface area contributed by atoms with Crippen molar-refractivity contribution in [2.75, 3.05) is 13.1 Å². The number of hydroxylamine groups is 1. The number of hydrogen-bond donors (Lipinski definition) is 2. The molecule has 0 fully saturated rings. The van der Waals surface area contributed by atoms with Crippen molar-refractivity contribution < 1.29 is 14.8 Å². The Hall–Kier alpha value is -1.88. The van der Waals surface area contributed by atoms with Crippen LogP contribution in [0.5, 0.6) is 0 Å². The zero-order valence-corrected chi connectivity index (χ0v) is 13.5. The second-order valence-corrected chi connectivity index (χ2v) is 6.45. The normalized spacial score (nSPS) is 20.2. The van der Waals surface area contributed by atoms with Gasteiger partial charge in [-0.2, -0.15) is 0 Å². The van der Waals surface area contributed by atoms with E-state index in [4.69, 9.17) is 5.21 Å². The summed E-state index contributed by atoms with van der Waals surface area (Å²) < 4.78 is 0. The fourth-order valence-corrected chi connectivity index (χ4v) is 3.27. The Morgan fingerprint density at radius 3 is 2.68 bits per heavy atom. The minimum absolute atomic E-state index is 0.0169. The van der Waals surface area contributed by atoms with Crippen LogP contribution in [-0.4, -0.2) is 35.0 Å². The summed E-state index contributed by atoms with van der Waals surface area (Å²) >= 11 is 0. The lowest BCUT2D eigenvalue weighted by molar-refractivity contribution is -0.130. The van der Waals surface area contributed by atoms with E-state index in [2.05, 4.69) is 6.92 Å². The Balaban J connectivity index is 2.21. The first kappa shape index (κ1) is 16.5. The lowest BCUT2D eigenvalue weighted by Crippen LogP contribution is -2.41. The third-order valence-electron chi connectivity index (χ3n) is 4.58. The van der Waals surface area contributed by atoms with Gasteiger partial charge in [0.05, 0.1) is 0 Å². The van der Waals surface area contributed by atoms with Crippen molar-refractivity contribution >= 4 is 11.8 Å². The van der Waals surface area contributed by atoms with Crippen molar-refractivity contribution in [3.8, 4) is 0 Å². The van der Waals surface area contributed by atoms with Crippen molar-refractivity contribution in [3.63, 3.8) is 0 Å². The molecule has 2 amide bonds. The van der Waals surface area contributed by atoms with E-state index in [-0.39, 0.29) is 11.3 Å². The van der Waals surface area contributed by atoms with Gasteiger partial charge in [-0.1, -0.05) is 13.0 Å². The molecule has 1 atom stereocenters. The summed E-state index contributed by atoms with van der Waals surface area (Å²) in [4.78, 5) is 25.1. The van der Waals surface area contributed by atoms with Crippen molar-refractivity contribution in [2.45, 2.75) is 40.0 Å². The number of carbonyl (C=O) groups is 2. The largest absolute Gasteiger partial charge is 0.343 e. The van der Waals surface area contributed by atoms with Crippen molar-refractivity contribution in [2.24, 2.45) is 5.41 Å². The van der Waals surface area contributed by atoms with E-state index >= 15 is 0 Å². The first-order chi connectivity index (χ1) is 10.4. The number of hydrogen-bond acceptors (Lipinski definition) is 3. The molecular formula is C17H24N2O3. The van der Waals surface area contributed by atoms with Gasteiger partial charge >= 0.3 is 0 Å². The molecule has 120 valence electrons. The van der Waals surface area contributed by atoms with Crippen molar-refractivity contribution in [3.05, 3.63) is 34.9 Å². The monoisotopic (exact) mass is 304 g/mol. The van der Waals surface area contributed by atoms with Gasteiger partial charge in [0, 0.05) is 25.6 Å². The van der Waals surface area contributed by atoms with E-state index < -0.39 is 5.91 Å². The van der Waals surface area contributed by atoms with Crippen LogP contribution >= 0.6 is 0 Å². The summed E-state index contributed by atoms with van der Waals surface area (Å²) in [5.41, 5.74) is 4.53. The van der Waals surface area contributed by atoms with E-state index in [0.29, 0.717) is 12.1 Å². The van der Waals surface area contributed by atoms with Crippen LogP contribution in [-0.2, 0) is 17.6 Å². The highest BCUT2D eigenvalue weighted by molar-refractivity contribution is 5.93. The summed E-state index contributed by atoms with van der Waals surface area (Å²) in [6.45, 7) is 7.23. The second kappa shape index (κ2) is 6.48. The second-order valence-electron chi connectivity index (χ2n) is 6.45. The topological polar surface area (TPSA) is 69.6 Å². The number of nitrogens with one attached hydrogen (secondary N) is 1. The molecule has 0 spiro atoms. The van der Waals surface area contributed by atoms with Crippen LogP contribution in [0.1, 0.15) is 48.7 Å². The Bertz CT molecular complexity index is 585. The van der Waals surface area contributed by atoms with Gasteiger partial charge in [-0.25, -0.2) is 5.48 Å². The van der Waals surface area contributed by atoms with Crippen LogP contribution < -0.4 is 5.48 Å². The standard InChI is InChI=1S/C17H24N2O3/c1-4-19(12(2)20)11-17(3)8-7-13-5-6-14(16(21)18-22)9-15(13)10-17/h5-6,9,22H,4,7-8,10-11H2,1-3H3,(H,18,21). The lowest BCUT2D eigenvalue weighted by Gasteiger charge is -2.38. The molecule has 5 nitrogen and oxygen atoms in total. The quantitative estimate of drug-likeness (QED) is 0.661. The number of aryl methyl sites for hydroxylation is 1. The average Bonchev–Trinajstić information content (AvgIpc) is 2.50. The number of fused-ring (bicyclic) bond motifs is 1. The molecule has 5 heteroatoms. The smallest absolute Gasteiger partial charge is 0.274 e. The molecule has 1 unspecified atom stereocenters. The van der Waals surface area contributed by atoms with Gasteiger partial charge in [-0.05, 0) is 54.9 Å². The zero-order valence-electron chi connectivity index (χ0n) is 13.5. The highest BCUT2D eigenvalue weighted by atomic mass is 16.5. The number of rotatable bonds is 4. The molecule has 2 rings (SSSR count). The van der Waals surface area contributed by atoms with E-state index in [1.54, 1.807) is 18.5 Å².